The van der Waals surface area contributed by atoms with Crippen molar-refractivity contribution in [3.05, 3.63) is 172 Å². The maximum absolute atomic E-state index is 3.64. The lowest BCUT2D eigenvalue weighted by atomic mass is 9.84. The third-order valence-electron chi connectivity index (χ3n) is 9.78. The lowest BCUT2D eigenvalue weighted by Gasteiger charge is -2.20. The molecule has 0 radical (unpaired) electrons. The van der Waals surface area contributed by atoms with E-state index in [2.05, 4.69) is 138 Å². The summed E-state index contributed by atoms with van der Waals surface area (Å²) >= 11 is 0. The summed E-state index contributed by atoms with van der Waals surface area (Å²) in [6.45, 7) is 0. The van der Waals surface area contributed by atoms with Crippen molar-refractivity contribution < 1.29 is 0 Å². The average Bonchev–Trinajstić information content (AvgIpc) is 3.72. The summed E-state index contributed by atoms with van der Waals surface area (Å²) in [7, 11) is 0. The van der Waals surface area contributed by atoms with Crippen molar-refractivity contribution in [3.8, 4) is 0 Å². The molecule has 0 saturated heterocycles. The summed E-state index contributed by atoms with van der Waals surface area (Å²) < 4.78 is 0. The molecule has 3 aliphatic carbocycles. The molecule has 43 heavy (non-hydrogen) atoms. The molecule has 1 N–H and O–H groups in total. The van der Waals surface area contributed by atoms with E-state index in [4.69, 9.17) is 0 Å². The molecule has 7 aromatic rings. The zero-order chi connectivity index (χ0) is 28.1. The molecule has 0 unspecified atom stereocenters. The van der Waals surface area contributed by atoms with Crippen LogP contribution in [0.4, 0.5) is 0 Å². The van der Waals surface area contributed by atoms with Gasteiger partial charge in [-0.1, -0.05) is 115 Å². The third kappa shape index (κ3) is 3.12. The molecule has 3 aliphatic rings. The number of fused-ring (bicyclic) bond motifs is 12. The molecule has 0 bridgehead atoms. The van der Waals surface area contributed by atoms with Crippen molar-refractivity contribution in [1.29, 1.82) is 0 Å². The van der Waals surface area contributed by atoms with Crippen LogP contribution >= 0.6 is 0 Å². The summed E-state index contributed by atoms with van der Waals surface area (Å²) in [5.74, 6) is 0. The first-order chi connectivity index (χ1) is 21.3. The molecule has 1 aromatic heterocycles. The quantitative estimate of drug-likeness (QED) is 0.222. The highest BCUT2D eigenvalue weighted by Gasteiger charge is 2.39. The average molecular weight is 546 g/mol. The molecule has 0 aliphatic heterocycles. The van der Waals surface area contributed by atoms with Gasteiger partial charge in [0.05, 0.1) is 0 Å². The molecule has 1 heterocycles. The molecule has 0 fully saturated rings. The molecular weight excluding hydrogens is 518 g/mol. The van der Waals surface area contributed by atoms with Crippen molar-refractivity contribution in [2.24, 2.45) is 0 Å². The molecule has 0 saturated carbocycles. The van der Waals surface area contributed by atoms with Gasteiger partial charge in [-0.2, -0.15) is 0 Å². The molecule has 10 rings (SSSR count). The Kier molecular flexibility index (Phi) is 4.62. The molecule has 0 atom stereocenters. The largest absolute Gasteiger partial charge is 0.355 e. The van der Waals surface area contributed by atoms with Gasteiger partial charge in [0, 0.05) is 21.8 Å². The molecule has 1 nitrogen and oxygen atoms in total. The van der Waals surface area contributed by atoms with E-state index in [0.717, 1.165) is 12.8 Å². The van der Waals surface area contributed by atoms with E-state index in [1.807, 2.05) is 0 Å². The Morgan fingerprint density at radius 1 is 0.488 bits per heavy atom. The maximum atomic E-state index is 3.64. The van der Waals surface area contributed by atoms with Gasteiger partial charge >= 0.3 is 0 Å². The van der Waals surface area contributed by atoms with E-state index in [9.17, 15) is 0 Å². The monoisotopic (exact) mass is 545 g/mol. The molecule has 6 aromatic carbocycles. The Labute approximate surface area is 250 Å². The van der Waals surface area contributed by atoms with E-state index >= 15 is 0 Å². The SMILES string of the molecule is C1=Cc2ccc3c(c2CC1)C(c1ccc2[nH]c4ccccc4c2c1)=C1C3=C(c2ccccc2)c2c1ccc1ccccc21. The highest BCUT2D eigenvalue weighted by Crippen LogP contribution is 2.60. The van der Waals surface area contributed by atoms with Crippen molar-refractivity contribution in [2.75, 3.05) is 0 Å². The van der Waals surface area contributed by atoms with E-state index in [1.54, 1.807) is 0 Å². The first-order valence-electron chi connectivity index (χ1n) is 15.3. The Morgan fingerprint density at radius 2 is 1.21 bits per heavy atom. The number of benzene rings is 6. The van der Waals surface area contributed by atoms with E-state index in [1.165, 1.54) is 99.4 Å². The van der Waals surface area contributed by atoms with Gasteiger partial charge in [0.15, 0.2) is 0 Å². The summed E-state index contributed by atoms with van der Waals surface area (Å²) in [5, 5.41) is 5.17. The highest BCUT2D eigenvalue weighted by atomic mass is 14.7. The van der Waals surface area contributed by atoms with E-state index < -0.39 is 0 Å². The Morgan fingerprint density at radius 3 is 2.12 bits per heavy atom. The number of aromatic nitrogens is 1. The van der Waals surface area contributed by atoms with Crippen LogP contribution in [0, 0.1) is 0 Å². The first-order valence-corrected chi connectivity index (χ1v) is 15.3. The molecular formula is C42H27N. The van der Waals surface area contributed by atoms with Gasteiger partial charge in [0.2, 0.25) is 0 Å². The summed E-state index contributed by atoms with van der Waals surface area (Å²) in [5.41, 5.74) is 18.8. The Bertz CT molecular complexity index is 2430. The van der Waals surface area contributed by atoms with Crippen molar-refractivity contribution >= 4 is 60.9 Å². The number of nitrogens with one attached hydrogen (secondary N) is 1. The van der Waals surface area contributed by atoms with Crippen LogP contribution in [-0.2, 0) is 6.42 Å². The van der Waals surface area contributed by atoms with Crippen LogP contribution in [0.1, 0.15) is 50.9 Å². The van der Waals surface area contributed by atoms with Gasteiger partial charge in [0.1, 0.15) is 0 Å². The maximum Gasteiger partial charge on any atom is 0.0465 e. The molecule has 200 valence electrons. The lowest BCUT2D eigenvalue weighted by Crippen LogP contribution is -2.02. The Balaban J connectivity index is 1.39. The van der Waals surface area contributed by atoms with Crippen LogP contribution in [-0.4, -0.2) is 4.98 Å². The second-order valence-corrected chi connectivity index (χ2v) is 12.0. The van der Waals surface area contributed by atoms with Crippen LogP contribution in [0.25, 0.3) is 60.9 Å². The predicted molar refractivity (Wildman–Crippen MR) is 182 cm³/mol. The van der Waals surface area contributed by atoms with Crippen LogP contribution in [0.15, 0.2) is 127 Å². The minimum absolute atomic E-state index is 1.07. The minimum atomic E-state index is 1.07. The molecule has 1 heteroatoms. The van der Waals surface area contributed by atoms with Gasteiger partial charge in [0.25, 0.3) is 0 Å². The summed E-state index contributed by atoms with van der Waals surface area (Å²) in [6.07, 6.45) is 6.80. The van der Waals surface area contributed by atoms with Gasteiger partial charge in [-0.05, 0) is 109 Å². The molecule has 0 amide bonds. The second-order valence-electron chi connectivity index (χ2n) is 12.0. The zero-order valence-electron chi connectivity index (χ0n) is 23.6. The van der Waals surface area contributed by atoms with Crippen molar-refractivity contribution in [2.45, 2.75) is 12.8 Å². The van der Waals surface area contributed by atoms with Gasteiger partial charge < -0.3 is 4.98 Å². The number of hydrogen-bond acceptors (Lipinski definition) is 0. The number of H-pyrrole nitrogens is 1. The van der Waals surface area contributed by atoms with E-state index in [0.29, 0.717) is 0 Å². The smallest absolute Gasteiger partial charge is 0.0465 e. The number of hydrogen-bond donors (Lipinski definition) is 1. The Hall–Kier alpha value is -5.40. The normalized spacial score (nSPS) is 15.0. The number of rotatable bonds is 2. The minimum Gasteiger partial charge on any atom is -0.355 e. The van der Waals surface area contributed by atoms with Crippen molar-refractivity contribution in [1.82, 2.24) is 4.98 Å². The van der Waals surface area contributed by atoms with Gasteiger partial charge in [-0.25, -0.2) is 0 Å². The van der Waals surface area contributed by atoms with Crippen LogP contribution in [0.5, 0.6) is 0 Å². The molecule has 0 spiro atoms. The number of aromatic amines is 1. The van der Waals surface area contributed by atoms with Crippen LogP contribution < -0.4 is 0 Å². The fourth-order valence-electron chi connectivity index (χ4n) is 8.00. The lowest BCUT2D eigenvalue weighted by molar-refractivity contribution is 0.980. The van der Waals surface area contributed by atoms with Crippen LogP contribution in [0.2, 0.25) is 0 Å². The fourth-order valence-corrected chi connectivity index (χ4v) is 8.00. The summed E-state index contributed by atoms with van der Waals surface area (Å²) in [6, 6.07) is 45.1. The second kappa shape index (κ2) is 8.56. The standard InChI is InChI=1S/C42H27N/c1-2-12-27(13-3-1)37-39-29-14-6-4-10-25(29)18-21-32(39)42-38(40-30-15-7-5-11-26(30)19-22-33(40)41(37)42)28-20-23-36-34(24-28)31-16-8-9-17-35(31)43-36/h1-6,8-14,16-24,43H,7,15H2. The number of para-hydroxylation sites is 1. The van der Waals surface area contributed by atoms with Gasteiger partial charge in [-0.15, -0.1) is 0 Å². The van der Waals surface area contributed by atoms with Crippen LogP contribution in [0.3, 0.4) is 0 Å². The first kappa shape index (κ1) is 23.2. The number of allylic oxidation sites excluding steroid dienone is 3. The topological polar surface area (TPSA) is 15.8 Å². The third-order valence-corrected chi connectivity index (χ3v) is 9.78. The summed E-state index contributed by atoms with van der Waals surface area (Å²) in [4.78, 5) is 3.64. The van der Waals surface area contributed by atoms with E-state index in [-0.39, 0.29) is 0 Å². The predicted octanol–water partition coefficient (Wildman–Crippen LogP) is 10.7. The zero-order valence-corrected chi connectivity index (χ0v) is 23.6. The highest BCUT2D eigenvalue weighted by molar-refractivity contribution is 6.37. The fraction of sp³-hybridized carbons (Fsp3) is 0.0476. The van der Waals surface area contributed by atoms with Crippen molar-refractivity contribution in [3.63, 3.8) is 0 Å². The van der Waals surface area contributed by atoms with Gasteiger partial charge in [-0.3, -0.25) is 0 Å².